The van der Waals surface area contributed by atoms with Crippen molar-refractivity contribution < 1.29 is 9.31 Å². The second kappa shape index (κ2) is 4.92. The van der Waals surface area contributed by atoms with E-state index in [2.05, 4.69) is 13.8 Å². The average Bonchev–Trinajstić information content (AvgIpc) is 2.76. The standard InChI is InChI=1S/C13H17FN2O2/c1-9(2)11-7-4-8-15(11)12-6-3-5-10(14)13(12)16(17)18/h3,5-6,9,11H,4,7-8H2,1-2H3. The van der Waals surface area contributed by atoms with Crippen molar-refractivity contribution in [3.8, 4) is 0 Å². The summed E-state index contributed by atoms with van der Waals surface area (Å²) in [6, 6.07) is 4.57. The largest absolute Gasteiger partial charge is 0.363 e. The van der Waals surface area contributed by atoms with Gasteiger partial charge in [0, 0.05) is 12.6 Å². The van der Waals surface area contributed by atoms with Gasteiger partial charge in [-0.05, 0) is 30.9 Å². The fourth-order valence-corrected chi connectivity index (χ4v) is 2.70. The minimum Gasteiger partial charge on any atom is -0.363 e. The van der Waals surface area contributed by atoms with Crippen molar-refractivity contribution in [1.82, 2.24) is 0 Å². The maximum absolute atomic E-state index is 13.6. The smallest absolute Gasteiger partial charge is 0.327 e. The first-order valence-corrected chi connectivity index (χ1v) is 6.22. The van der Waals surface area contributed by atoms with Crippen molar-refractivity contribution in [2.75, 3.05) is 11.4 Å². The highest BCUT2D eigenvalue weighted by Gasteiger charge is 2.32. The van der Waals surface area contributed by atoms with Crippen LogP contribution in [0.4, 0.5) is 15.8 Å². The van der Waals surface area contributed by atoms with E-state index >= 15 is 0 Å². The van der Waals surface area contributed by atoms with E-state index in [1.165, 1.54) is 6.07 Å². The van der Waals surface area contributed by atoms with Crippen LogP contribution in [0.5, 0.6) is 0 Å². The first-order valence-electron chi connectivity index (χ1n) is 6.22. The van der Waals surface area contributed by atoms with Crippen LogP contribution in [0.2, 0.25) is 0 Å². The molecule has 0 saturated carbocycles. The number of anilines is 1. The first-order chi connectivity index (χ1) is 8.52. The summed E-state index contributed by atoms with van der Waals surface area (Å²) in [6.07, 6.45) is 2.00. The molecule has 1 aromatic rings. The monoisotopic (exact) mass is 252 g/mol. The molecular weight excluding hydrogens is 235 g/mol. The van der Waals surface area contributed by atoms with Crippen LogP contribution in [0.3, 0.4) is 0 Å². The molecular formula is C13H17FN2O2. The second-order valence-electron chi connectivity index (χ2n) is 5.01. The van der Waals surface area contributed by atoms with Crippen LogP contribution < -0.4 is 4.90 Å². The molecule has 0 N–H and O–H groups in total. The van der Waals surface area contributed by atoms with Gasteiger partial charge in [0.05, 0.1) is 4.92 Å². The number of nitro groups is 1. The van der Waals surface area contributed by atoms with Gasteiger partial charge in [-0.1, -0.05) is 19.9 Å². The Kier molecular flexibility index (Phi) is 3.50. The van der Waals surface area contributed by atoms with Crippen LogP contribution in [0.25, 0.3) is 0 Å². The zero-order valence-electron chi connectivity index (χ0n) is 10.6. The second-order valence-corrected chi connectivity index (χ2v) is 5.01. The molecule has 0 aromatic heterocycles. The Morgan fingerprint density at radius 2 is 2.22 bits per heavy atom. The Bertz CT molecular complexity index is 462. The fraction of sp³-hybridized carbons (Fsp3) is 0.538. The first kappa shape index (κ1) is 12.8. The highest BCUT2D eigenvalue weighted by atomic mass is 19.1. The molecule has 18 heavy (non-hydrogen) atoms. The molecule has 0 amide bonds. The molecule has 4 nitrogen and oxygen atoms in total. The third kappa shape index (κ3) is 2.17. The Labute approximate surface area is 106 Å². The van der Waals surface area contributed by atoms with Gasteiger partial charge in [0.2, 0.25) is 5.82 Å². The van der Waals surface area contributed by atoms with E-state index in [0.29, 0.717) is 11.6 Å². The molecule has 1 fully saturated rings. The average molecular weight is 252 g/mol. The maximum atomic E-state index is 13.6. The third-order valence-electron chi connectivity index (χ3n) is 3.53. The van der Waals surface area contributed by atoms with E-state index < -0.39 is 16.4 Å². The lowest BCUT2D eigenvalue weighted by atomic mass is 10.0. The van der Waals surface area contributed by atoms with Crippen LogP contribution in [-0.2, 0) is 0 Å². The molecule has 98 valence electrons. The Morgan fingerprint density at radius 1 is 1.50 bits per heavy atom. The van der Waals surface area contributed by atoms with Gasteiger partial charge >= 0.3 is 5.69 Å². The number of hydrogen-bond donors (Lipinski definition) is 0. The number of rotatable bonds is 3. The van der Waals surface area contributed by atoms with Crippen molar-refractivity contribution in [2.45, 2.75) is 32.7 Å². The molecule has 1 aliphatic rings. The Morgan fingerprint density at radius 3 is 2.83 bits per heavy atom. The summed E-state index contributed by atoms with van der Waals surface area (Å²) >= 11 is 0. The Balaban J connectivity index is 2.44. The van der Waals surface area contributed by atoms with Gasteiger partial charge in [-0.3, -0.25) is 10.1 Å². The van der Waals surface area contributed by atoms with E-state index in [0.717, 1.165) is 25.5 Å². The lowest BCUT2D eigenvalue weighted by molar-refractivity contribution is -0.386. The zero-order valence-corrected chi connectivity index (χ0v) is 10.6. The van der Waals surface area contributed by atoms with Gasteiger partial charge in [-0.2, -0.15) is 4.39 Å². The van der Waals surface area contributed by atoms with E-state index in [-0.39, 0.29) is 6.04 Å². The summed E-state index contributed by atoms with van der Waals surface area (Å²) in [4.78, 5) is 12.4. The van der Waals surface area contributed by atoms with Crippen LogP contribution in [0, 0.1) is 21.8 Å². The van der Waals surface area contributed by atoms with Crippen molar-refractivity contribution in [3.05, 3.63) is 34.1 Å². The molecule has 0 spiro atoms. The quantitative estimate of drug-likeness (QED) is 0.612. The molecule has 1 aliphatic heterocycles. The van der Waals surface area contributed by atoms with Gasteiger partial charge in [-0.15, -0.1) is 0 Å². The molecule has 0 bridgehead atoms. The normalized spacial score (nSPS) is 19.6. The minimum atomic E-state index is -0.757. The van der Waals surface area contributed by atoms with Gasteiger partial charge in [0.15, 0.2) is 0 Å². The van der Waals surface area contributed by atoms with Crippen LogP contribution in [-0.4, -0.2) is 17.5 Å². The molecule has 1 saturated heterocycles. The summed E-state index contributed by atoms with van der Waals surface area (Å²) in [5.74, 6) is -0.359. The van der Waals surface area contributed by atoms with Crippen molar-refractivity contribution in [2.24, 2.45) is 5.92 Å². The topological polar surface area (TPSA) is 46.4 Å². The molecule has 1 aromatic carbocycles. The van der Waals surface area contributed by atoms with Gasteiger partial charge in [0.25, 0.3) is 0 Å². The number of benzene rings is 1. The molecule has 5 heteroatoms. The molecule has 1 heterocycles. The van der Waals surface area contributed by atoms with E-state index in [9.17, 15) is 14.5 Å². The summed E-state index contributed by atoms with van der Waals surface area (Å²) in [5.41, 5.74) is 0.0150. The summed E-state index contributed by atoms with van der Waals surface area (Å²) in [6.45, 7) is 4.94. The minimum absolute atomic E-state index is 0.255. The van der Waals surface area contributed by atoms with Crippen LogP contribution in [0.1, 0.15) is 26.7 Å². The number of para-hydroxylation sites is 1. The van der Waals surface area contributed by atoms with E-state index in [1.807, 2.05) is 4.90 Å². The number of nitrogens with zero attached hydrogens (tertiary/aromatic N) is 2. The maximum Gasteiger partial charge on any atom is 0.327 e. The van der Waals surface area contributed by atoms with Gasteiger partial charge < -0.3 is 4.90 Å². The van der Waals surface area contributed by atoms with Crippen molar-refractivity contribution >= 4 is 11.4 Å². The van der Waals surface area contributed by atoms with Crippen molar-refractivity contribution in [3.63, 3.8) is 0 Å². The molecule has 2 rings (SSSR count). The SMILES string of the molecule is CC(C)C1CCCN1c1cccc(F)c1[N+](=O)[O-]. The number of hydrogen-bond acceptors (Lipinski definition) is 3. The molecule has 0 radical (unpaired) electrons. The molecule has 0 aliphatic carbocycles. The zero-order chi connectivity index (χ0) is 13.3. The van der Waals surface area contributed by atoms with Crippen LogP contribution in [0.15, 0.2) is 18.2 Å². The Hall–Kier alpha value is -1.65. The molecule has 1 atom stereocenters. The predicted octanol–water partition coefficient (Wildman–Crippen LogP) is 3.36. The fourth-order valence-electron chi connectivity index (χ4n) is 2.70. The van der Waals surface area contributed by atoms with E-state index in [4.69, 9.17) is 0 Å². The highest BCUT2D eigenvalue weighted by Crippen LogP contribution is 2.37. The summed E-state index contributed by atoms with van der Waals surface area (Å²) in [7, 11) is 0. The number of halogens is 1. The third-order valence-corrected chi connectivity index (χ3v) is 3.53. The van der Waals surface area contributed by atoms with Gasteiger partial charge in [-0.25, -0.2) is 0 Å². The molecule has 1 unspecified atom stereocenters. The lowest BCUT2D eigenvalue weighted by Crippen LogP contribution is -2.33. The summed E-state index contributed by atoms with van der Waals surface area (Å²) in [5, 5.41) is 11.0. The predicted molar refractivity (Wildman–Crippen MR) is 68.3 cm³/mol. The highest BCUT2D eigenvalue weighted by molar-refractivity contribution is 5.64. The van der Waals surface area contributed by atoms with Gasteiger partial charge in [0.1, 0.15) is 5.69 Å². The van der Waals surface area contributed by atoms with Crippen LogP contribution >= 0.6 is 0 Å². The summed E-state index contributed by atoms with van der Waals surface area (Å²) < 4.78 is 13.6. The van der Waals surface area contributed by atoms with E-state index in [1.54, 1.807) is 6.07 Å². The number of nitro benzene ring substituents is 1. The lowest BCUT2D eigenvalue weighted by Gasteiger charge is -2.29. The van der Waals surface area contributed by atoms with Crippen molar-refractivity contribution in [1.29, 1.82) is 0 Å².